The molecule has 2 aliphatic rings. The average Bonchev–Trinajstić information content (AvgIpc) is 3.86. The minimum atomic E-state index is -0.284. The molecule has 2 saturated heterocycles. The topological polar surface area (TPSA) is 99.6 Å². The number of hydrogen-bond acceptors (Lipinski definition) is 8. The number of carbonyl (C=O) groups is 2. The minimum Gasteiger partial charge on any atom is -0.465 e. The molecule has 0 bridgehead atoms. The first-order valence-electron chi connectivity index (χ1n) is 15.9. The van der Waals surface area contributed by atoms with Gasteiger partial charge in [0.25, 0.3) is 5.91 Å². The third-order valence-electron chi connectivity index (χ3n) is 9.28. The quantitative estimate of drug-likeness (QED) is 0.223. The fourth-order valence-corrected chi connectivity index (χ4v) is 7.56. The molecule has 1 spiro atoms. The van der Waals surface area contributed by atoms with Crippen LogP contribution in [0.1, 0.15) is 64.2 Å². The zero-order valence-electron chi connectivity index (χ0n) is 26.3. The Labute approximate surface area is 269 Å². The maximum atomic E-state index is 13.6. The van der Waals surface area contributed by atoms with Gasteiger partial charge in [0.15, 0.2) is 0 Å². The number of H-pyrrole nitrogens is 1. The van der Waals surface area contributed by atoms with E-state index in [4.69, 9.17) is 4.74 Å². The lowest BCUT2D eigenvalue weighted by molar-refractivity contribution is -0.143. The van der Waals surface area contributed by atoms with Crippen molar-refractivity contribution in [3.8, 4) is 0 Å². The van der Waals surface area contributed by atoms with E-state index >= 15 is 0 Å². The first-order chi connectivity index (χ1) is 21.9. The van der Waals surface area contributed by atoms with Crippen molar-refractivity contribution in [3.05, 3.63) is 93.7 Å². The standard InChI is InChI=1S/C34H43N7O3S/c1-3-44-32(42)24-40-18-14-37-31(40)23-39(22-30-35-12-13-36-30)20-27-4-6-28(7-5-27)33(43)41-17-11-34(25-41)9-15-38(16-10-34)21-29-26(2)8-19-45-29/h4-8,12-14,18-19H,3,9-11,15-17,20-25H2,1-2H3,(H,35,36). The third kappa shape index (κ3) is 7.71. The number of esters is 1. The van der Waals surface area contributed by atoms with Crippen LogP contribution in [0.5, 0.6) is 0 Å². The van der Waals surface area contributed by atoms with Crippen molar-refractivity contribution in [3.63, 3.8) is 0 Å². The van der Waals surface area contributed by atoms with Crippen molar-refractivity contribution in [2.24, 2.45) is 5.41 Å². The predicted molar refractivity (Wildman–Crippen MR) is 173 cm³/mol. The summed E-state index contributed by atoms with van der Waals surface area (Å²) in [4.78, 5) is 46.1. The molecule has 238 valence electrons. The molecule has 2 fully saturated rings. The van der Waals surface area contributed by atoms with Gasteiger partial charge in [-0.3, -0.25) is 19.4 Å². The smallest absolute Gasteiger partial charge is 0.325 e. The molecule has 0 atom stereocenters. The van der Waals surface area contributed by atoms with Gasteiger partial charge in [0.05, 0.1) is 19.7 Å². The Morgan fingerprint density at radius 2 is 1.82 bits per heavy atom. The van der Waals surface area contributed by atoms with Gasteiger partial charge in [0, 0.05) is 61.4 Å². The normalized spacial score (nSPS) is 16.6. The largest absolute Gasteiger partial charge is 0.465 e. The fourth-order valence-electron chi connectivity index (χ4n) is 6.61. The van der Waals surface area contributed by atoms with Crippen LogP contribution in [0.4, 0.5) is 0 Å². The van der Waals surface area contributed by atoms with E-state index < -0.39 is 0 Å². The number of imidazole rings is 2. The second kappa shape index (κ2) is 14.1. The molecule has 5 heterocycles. The maximum Gasteiger partial charge on any atom is 0.325 e. The number of hydrogen-bond donors (Lipinski definition) is 1. The van der Waals surface area contributed by atoms with Crippen molar-refractivity contribution < 1.29 is 14.3 Å². The zero-order chi connectivity index (χ0) is 31.2. The number of likely N-dealkylation sites (tertiary alicyclic amines) is 2. The Hall–Kier alpha value is -3.80. The monoisotopic (exact) mass is 629 g/mol. The summed E-state index contributed by atoms with van der Waals surface area (Å²) < 4.78 is 6.96. The van der Waals surface area contributed by atoms with Crippen LogP contribution in [0.25, 0.3) is 0 Å². The highest BCUT2D eigenvalue weighted by Crippen LogP contribution is 2.41. The summed E-state index contributed by atoms with van der Waals surface area (Å²) in [6, 6.07) is 10.2. The van der Waals surface area contributed by atoms with Crippen LogP contribution in [0.15, 0.2) is 60.5 Å². The summed E-state index contributed by atoms with van der Waals surface area (Å²) in [6.07, 6.45) is 10.5. The Bertz CT molecular complexity index is 1550. The van der Waals surface area contributed by atoms with Gasteiger partial charge in [-0.05, 0) is 86.3 Å². The first-order valence-corrected chi connectivity index (χ1v) is 16.8. The molecule has 3 aromatic heterocycles. The Morgan fingerprint density at radius 1 is 1.02 bits per heavy atom. The molecule has 0 radical (unpaired) electrons. The van der Waals surface area contributed by atoms with Crippen LogP contribution in [0, 0.1) is 12.3 Å². The number of aromatic amines is 1. The van der Waals surface area contributed by atoms with Crippen LogP contribution in [0.3, 0.4) is 0 Å². The number of nitrogens with one attached hydrogen (secondary N) is 1. The third-order valence-corrected chi connectivity index (χ3v) is 10.3. The van der Waals surface area contributed by atoms with E-state index in [2.05, 4.69) is 48.0 Å². The van der Waals surface area contributed by atoms with Gasteiger partial charge in [0.2, 0.25) is 0 Å². The van der Waals surface area contributed by atoms with Crippen LogP contribution in [-0.2, 0) is 42.3 Å². The van der Waals surface area contributed by atoms with E-state index in [1.807, 2.05) is 46.4 Å². The number of carbonyl (C=O) groups excluding carboxylic acids is 2. The number of aromatic nitrogens is 4. The Balaban J connectivity index is 1.05. The van der Waals surface area contributed by atoms with Crippen LogP contribution in [0.2, 0.25) is 0 Å². The van der Waals surface area contributed by atoms with Crippen LogP contribution < -0.4 is 0 Å². The number of ether oxygens (including phenoxy) is 1. The van der Waals surface area contributed by atoms with E-state index in [0.29, 0.717) is 26.2 Å². The SMILES string of the molecule is CCOC(=O)Cn1ccnc1CN(Cc1ccc(C(=O)N2CCC3(CCN(Cc4sccc4C)CC3)C2)cc1)Cc1ncc[nH]1. The van der Waals surface area contributed by atoms with Crippen molar-refractivity contribution in [1.29, 1.82) is 0 Å². The molecule has 45 heavy (non-hydrogen) atoms. The molecule has 10 nitrogen and oxygen atoms in total. The number of nitrogens with zero attached hydrogens (tertiary/aromatic N) is 6. The highest BCUT2D eigenvalue weighted by molar-refractivity contribution is 7.10. The summed E-state index contributed by atoms with van der Waals surface area (Å²) >= 11 is 1.86. The number of rotatable bonds is 12. The molecular formula is C34H43N7O3S. The lowest BCUT2D eigenvalue weighted by Gasteiger charge is -2.39. The van der Waals surface area contributed by atoms with Gasteiger partial charge in [-0.1, -0.05) is 12.1 Å². The van der Waals surface area contributed by atoms with Crippen LogP contribution in [-0.4, -0.2) is 78.9 Å². The van der Waals surface area contributed by atoms with Crippen LogP contribution >= 0.6 is 11.3 Å². The molecule has 1 amide bonds. The number of piperidine rings is 1. The number of thiophene rings is 1. The molecule has 1 N–H and O–H groups in total. The van der Waals surface area contributed by atoms with E-state index in [-0.39, 0.29) is 23.8 Å². The number of aryl methyl sites for hydroxylation is 1. The van der Waals surface area contributed by atoms with Crippen molar-refractivity contribution >= 4 is 23.2 Å². The second-order valence-electron chi connectivity index (χ2n) is 12.4. The highest BCUT2D eigenvalue weighted by atomic mass is 32.1. The maximum absolute atomic E-state index is 13.6. The van der Waals surface area contributed by atoms with Gasteiger partial charge in [-0.25, -0.2) is 9.97 Å². The van der Waals surface area contributed by atoms with Gasteiger partial charge < -0.3 is 19.2 Å². The summed E-state index contributed by atoms with van der Waals surface area (Å²) in [6.45, 7) is 11.2. The number of benzene rings is 1. The molecular weight excluding hydrogens is 586 g/mol. The molecule has 11 heteroatoms. The summed E-state index contributed by atoms with van der Waals surface area (Å²) in [7, 11) is 0. The van der Waals surface area contributed by atoms with E-state index in [1.54, 1.807) is 25.5 Å². The molecule has 0 saturated carbocycles. The van der Waals surface area contributed by atoms with Crippen molar-refractivity contribution in [1.82, 2.24) is 34.2 Å². The Morgan fingerprint density at radius 3 is 2.53 bits per heavy atom. The van der Waals surface area contributed by atoms with Crippen molar-refractivity contribution in [2.45, 2.75) is 65.8 Å². The van der Waals surface area contributed by atoms with E-state index in [1.165, 1.54) is 10.4 Å². The van der Waals surface area contributed by atoms with E-state index in [9.17, 15) is 9.59 Å². The van der Waals surface area contributed by atoms with Crippen molar-refractivity contribution in [2.75, 3.05) is 32.8 Å². The summed E-state index contributed by atoms with van der Waals surface area (Å²) in [5.74, 6) is 1.47. The zero-order valence-corrected chi connectivity index (χ0v) is 27.1. The summed E-state index contributed by atoms with van der Waals surface area (Å²) in [5, 5.41) is 2.19. The lowest BCUT2D eigenvalue weighted by Crippen LogP contribution is -2.41. The van der Waals surface area contributed by atoms with Gasteiger partial charge in [-0.2, -0.15) is 0 Å². The predicted octanol–water partition coefficient (Wildman–Crippen LogP) is 4.87. The van der Waals surface area contributed by atoms with Gasteiger partial charge in [0.1, 0.15) is 18.2 Å². The number of amides is 1. The minimum absolute atomic E-state index is 0.124. The lowest BCUT2D eigenvalue weighted by atomic mass is 9.78. The van der Waals surface area contributed by atoms with Gasteiger partial charge in [-0.15, -0.1) is 11.3 Å². The second-order valence-corrected chi connectivity index (χ2v) is 13.4. The molecule has 4 aromatic rings. The molecule has 0 aliphatic carbocycles. The summed E-state index contributed by atoms with van der Waals surface area (Å²) in [5.41, 5.74) is 3.48. The molecule has 2 aliphatic heterocycles. The Kier molecular flexibility index (Phi) is 9.77. The molecule has 1 aromatic carbocycles. The molecule has 6 rings (SSSR count). The van der Waals surface area contributed by atoms with Gasteiger partial charge >= 0.3 is 5.97 Å². The fraction of sp³-hybridized carbons (Fsp3) is 0.471. The highest BCUT2D eigenvalue weighted by Gasteiger charge is 2.42. The first kappa shape index (κ1) is 31.2. The molecule has 0 unspecified atom stereocenters. The van der Waals surface area contributed by atoms with E-state index in [0.717, 1.165) is 74.8 Å². The average molecular weight is 630 g/mol.